The number of hydrogen-bond acceptors (Lipinski definition) is 6. The first-order chi connectivity index (χ1) is 14.0. The number of halogens is 1. The topological polar surface area (TPSA) is 103 Å². The van der Waals surface area contributed by atoms with Gasteiger partial charge in [-0.2, -0.15) is 0 Å². The predicted octanol–water partition coefficient (Wildman–Crippen LogP) is 4.22. The van der Waals surface area contributed by atoms with Gasteiger partial charge in [-0.1, -0.05) is 39.6 Å². The Labute approximate surface area is 187 Å². The van der Waals surface area contributed by atoms with Gasteiger partial charge in [-0.3, -0.25) is 4.79 Å². The van der Waals surface area contributed by atoms with Gasteiger partial charge in [0.2, 0.25) is 0 Å². The standard InChI is InChI=1S/C20H32BrN5O3Si/c1-14(2)10-17(20(27)28)16(11-15-6-7-18(21)22-12-15)19-23-25-26(24-19)13-29-8-9-30(3,4)5/h6-7,12,14,16-17H,8-11,13H2,1-5H3,(H,27,28)/t16-,17-/m0/s1. The molecule has 0 aliphatic carbocycles. The molecule has 2 heterocycles. The zero-order chi connectivity index (χ0) is 22.3. The maximum absolute atomic E-state index is 12.1. The number of rotatable bonds is 12. The number of carboxylic acid groups (broad SMARTS) is 1. The molecule has 2 aromatic rings. The van der Waals surface area contributed by atoms with Crippen molar-refractivity contribution in [2.45, 2.75) is 65.0 Å². The van der Waals surface area contributed by atoms with Crippen LogP contribution < -0.4 is 0 Å². The minimum Gasteiger partial charge on any atom is -0.481 e. The highest BCUT2D eigenvalue weighted by atomic mass is 79.9. The highest BCUT2D eigenvalue weighted by molar-refractivity contribution is 9.10. The number of carbonyl (C=O) groups is 1. The van der Waals surface area contributed by atoms with Crippen LogP contribution in [0.1, 0.15) is 37.6 Å². The Kier molecular flexibility index (Phi) is 9.11. The zero-order valence-electron chi connectivity index (χ0n) is 18.4. The van der Waals surface area contributed by atoms with Gasteiger partial charge in [-0.15, -0.1) is 15.0 Å². The number of pyridine rings is 1. The summed E-state index contributed by atoms with van der Waals surface area (Å²) in [4.78, 5) is 17.7. The minimum absolute atomic E-state index is 0.214. The van der Waals surface area contributed by atoms with Gasteiger partial charge < -0.3 is 9.84 Å². The molecule has 0 unspecified atom stereocenters. The van der Waals surface area contributed by atoms with E-state index in [1.807, 2.05) is 26.0 Å². The molecular formula is C20H32BrN5O3Si. The van der Waals surface area contributed by atoms with E-state index in [1.54, 1.807) is 6.20 Å². The van der Waals surface area contributed by atoms with Crippen molar-refractivity contribution in [2.75, 3.05) is 6.61 Å². The van der Waals surface area contributed by atoms with Crippen molar-refractivity contribution < 1.29 is 14.6 Å². The van der Waals surface area contributed by atoms with Crippen molar-refractivity contribution in [3.63, 3.8) is 0 Å². The predicted molar refractivity (Wildman–Crippen MR) is 121 cm³/mol. The van der Waals surface area contributed by atoms with Crippen LogP contribution in [0, 0.1) is 11.8 Å². The van der Waals surface area contributed by atoms with E-state index < -0.39 is 25.9 Å². The van der Waals surface area contributed by atoms with E-state index in [4.69, 9.17) is 4.74 Å². The fraction of sp³-hybridized carbons (Fsp3) is 0.650. The quantitative estimate of drug-likeness (QED) is 0.266. The molecule has 0 aliphatic heterocycles. The van der Waals surface area contributed by atoms with E-state index >= 15 is 0 Å². The van der Waals surface area contributed by atoms with Gasteiger partial charge in [0.25, 0.3) is 0 Å². The molecule has 0 saturated heterocycles. The van der Waals surface area contributed by atoms with E-state index in [2.05, 4.69) is 56.0 Å². The zero-order valence-corrected chi connectivity index (χ0v) is 21.0. The summed E-state index contributed by atoms with van der Waals surface area (Å²) >= 11 is 3.33. The molecular weight excluding hydrogens is 466 g/mol. The first-order valence-electron chi connectivity index (χ1n) is 10.2. The molecule has 0 aromatic carbocycles. The summed E-state index contributed by atoms with van der Waals surface area (Å²) in [7, 11) is -1.16. The highest BCUT2D eigenvalue weighted by Gasteiger charge is 2.33. The third kappa shape index (κ3) is 8.23. The van der Waals surface area contributed by atoms with Crippen LogP contribution >= 0.6 is 15.9 Å². The second-order valence-corrected chi connectivity index (χ2v) is 15.7. The Balaban J connectivity index is 2.18. The fourth-order valence-corrected chi connectivity index (χ4v) is 4.11. The summed E-state index contributed by atoms with van der Waals surface area (Å²) in [6, 6.07) is 4.84. The molecule has 166 valence electrons. The number of hydrogen-bond donors (Lipinski definition) is 1. The van der Waals surface area contributed by atoms with Crippen LogP contribution in [0.25, 0.3) is 0 Å². The average molecular weight is 498 g/mol. The van der Waals surface area contributed by atoms with E-state index in [0.29, 0.717) is 25.3 Å². The average Bonchev–Trinajstić information content (AvgIpc) is 3.11. The van der Waals surface area contributed by atoms with E-state index in [0.717, 1.165) is 16.2 Å². The number of ether oxygens (including phenoxy) is 1. The maximum Gasteiger partial charge on any atom is 0.307 e. The Hall–Kier alpha value is -1.65. The first-order valence-corrected chi connectivity index (χ1v) is 14.7. The lowest BCUT2D eigenvalue weighted by Crippen LogP contribution is -2.26. The molecule has 2 rings (SSSR count). The largest absolute Gasteiger partial charge is 0.481 e. The fourth-order valence-electron chi connectivity index (χ4n) is 3.12. The Bertz CT molecular complexity index is 808. The summed E-state index contributed by atoms with van der Waals surface area (Å²) in [5, 5.41) is 22.6. The van der Waals surface area contributed by atoms with Crippen molar-refractivity contribution in [1.82, 2.24) is 25.2 Å². The van der Waals surface area contributed by atoms with Gasteiger partial charge in [-0.25, -0.2) is 4.98 Å². The summed E-state index contributed by atoms with van der Waals surface area (Å²) in [5.41, 5.74) is 0.931. The lowest BCUT2D eigenvalue weighted by atomic mass is 9.81. The highest BCUT2D eigenvalue weighted by Crippen LogP contribution is 2.31. The summed E-state index contributed by atoms with van der Waals surface area (Å²) in [6.07, 6.45) is 2.76. The van der Waals surface area contributed by atoms with E-state index in [9.17, 15) is 9.90 Å². The molecule has 0 saturated carbocycles. The first kappa shape index (κ1) is 24.6. The van der Waals surface area contributed by atoms with Crippen molar-refractivity contribution in [1.29, 1.82) is 0 Å². The molecule has 0 radical (unpaired) electrons. The van der Waals surface area contributed by atoms with Crippen LogP contribution in [0.4, 0.5) is 0 Å². The van der Waals surface area contributed by atoms with Crippen molar-refractivity contribution in [2.24, 2.45) is 11.8 Å². The molecule has 8 nitrogen and oxygen atoms in total. The van der Waals surface area contributed by atoms with Gasteiger partial charge in [0.05, 0.1) is 5.92 Å². The lowest BCUT2D eigenvalue weighted by Gasteiger charge is -2.23. The smallest absolute Gasteiger partial charge is 0.307 e. The molecule has 0 amide bonds. The molecule has 0 spiro atoms. The van der Waals surface area contributed by atoms with Crippen molar-refractivity contribution in [3.05, 3.63) is 34.3 Å². The number of carboxylic acids is 1. The van der Waals surface area contributed by atoms with Crippen LogP contribution in [0.2, 0.25) is 25.7 Å². The summed E-state index contributed by atoms with van der Waals surface area (Å²) < 4.78 is 6.43. The van der Waals surface area contributed by atoms with Crippen molar-refractivity contribution >= 4 is 30.0 Å². The Morgan fingerprint density at radius 2 is 2.03 bits per heavy atom. The molecule has 0 fully saturated rings. The van der Waals surface area contributed by atoms with Crippen LogP contribution in [0.5, 0.6) is 0 Å². The van der Waals surface area contributed by atoms with Gasteiger partial charge >= 0.3 is 5.97 Å². The van der Waals surface area contributed by atoms with Gasteiger partial charge in [0.15, 0.2) is 12.6 Å². The molecule has 30 heavy (non-hydrogen) atoms. The molecule has 2 atom stereocenters. The van der Waals surface area contributed by atoms with Crippen LogP contribution in [-0.4, -0.2) is 50.9 Å². The molecule has 10 heteroatoms. The molecule has 0 bridgehead atoms. The van der Waals surface area contributed by atoms with E-state index in [1.165, 1.54) is 4.80 Å². The Morgan fingerprint density at radius 3 is 2.60 bits per heavy atom. The summed E-state index contributed by atoms with van der Waals surface area (Å²) in [5.74, 6) is -1.19. The van der Waals surface area contributed by atoms with Crippen LogP contribution in [-0.2, 0) is 22.7 Å². The number of nitrogens with zero attached hydrogens (tertiary/aromatic N) is 5. The maximum atomic E-state index is 12.1. The van der Waals surface area contributed by atoms with Gasteiger partial charge in [0, 0.05) is 26.8 Å². The minimum atomic E-state index is -1.16. The third-order valence-corrected chi connectivity index (χ3v) is 6.95. The molecule has 0 aliphatic rings. The van der Waals surface area contributed by atoms with Crippen LogP contribution in [0.3, 0.4) is 0 Å². The van der Waals surface area contributed by atoms with Crippen molar-refractivity contribution in [3.8, 4) is 0 Å². The third-order valence-electron chi connectivity index (χ3n) is 4.78. The number of aliphatic carboxylic acids is 1. The van der Waals surface area contributed by atoms with E-state index in [-0.39, 0.29) is 12.6 Å². The van der Waals surface area contributed by atoms with Gasteiger partial charge in [-0.05, 0) is 57.6 Å². The van der Waals surface area contributed by atoms with Crippen LogP contribution in [0.15, 0.2) is 22.9 Å². The SMILES string of the molecule is CC(C)C[C@H](C(=O)O)[C@H](Cc1ccc(Br)nc1)c1nnn(COCC[Si](C)(C)C)n1. The molecule has 1 N–H and O–H groups in total. The number of tetrazole rings is 1. The molecule has 2 aromatic heterocycles. The monoisotopic (exact) mass is 497 g/mol. The number of aromatic nitrogens is 5. The van der Waals surface area contributed by atoms with Gasteiger partial charge in [0.1, 0.15) is 4.60 Å². The normalized spacial score (nSPS) is 14.1. The second-order valence-electron chi connectivity index (χ2n) is 9.24. The lowest BCUT2D eigenvalue weighted by molar-refractivity contribution is -0.143. The summed E-state index contributed by atoms with van der Waals surface area (Å²) in [6.45, 7) is 11.8. The second kappa shape index (κ2) is 11.1. The Morgan fingerprint density at radius 1 is 1.30 bits per heavy atom.